The summed E-state index contributed by atoms with van der Waals surface area (Å²) >= 11 is 9.22. The third kappa shape index (κ3) is 2.56. The molecule has 0 aromatic heterocycles. The van der Waals surface area contributed by atoms with E-state index in [2.05, 4.69) is 21.2 Å². The standard InChI is InChI=1S/C16H11BrClNO3/c17-10-3-1-9(2-4-10)14(20)8-16(22)12-7-11(18)5-6-13(12)19-15(16)21/h1-7,22H,8H2,(H,19,21). The number of hydrogen-bond acceptors (Lipinski definition) is 3. The monoisotopic (exact) mass is 379 g/mol. The fraction of sp³-hybridized carbons (Fsp3) is 0.125. The number of aliphatic hydroxyl groups is 1. The lowest BCUT2D eigenvalue weighted by atomic mass is 9.88. The van der Waals surface area contributed by atoms with Gasteiger partial charge in [0.15, 0.2) is 11.4 Å². The molecule has 0 saturated heterocycles. The van der Waals surface area contributed by atoms with Gasteiger partial charge in [0.25, 0.3) is 5.91 Å². The van der Waals surface area contributed by atoms with Crippen LogP contribution in [0, 0.1) is 0 Å². The number of carbonyl (C=O) groups excluding carboxylic acids is 2. The second-order valence-corrected chi connectivity index (χ2v) is 6.46. The van der Waals surface area contributed by atoms with Gasteiger partial charge in [0.1, 0.15) is 0 Å². The Morgan fingerprint density at radius 3 is 2.59 bits per heavy atom. The van der Waals surface area contributed by atoms with Gasteiger partial charge >= 0.3 is 0 Å². The number of benzene rings is 2. The maximum atomic E-state index is 12.4. The largest absolute Gasteiger partial charge is 0.375 e. The second kappa shape index (κ2) is 5.50. The van der Waals surface area contributed by atoms with Gasteiger partial charge < -0.3 is 10.4 Å². The summed E-state index contributed by atoms with van der Waals surface area (Å²) in [7, 11) is 0. The van der Waals surface area contributed by atoms with E-state index in [1.165, 1.54) is 6.07 Å². The lowest BCUT2D eigenvalue weighted by Crippen LogP contribution is -2.36. The van der Waals surface area contributed by atoms with Crippen LogP contribution in [-0.2, 0) is 10.4 Å². The molecule has 4 nitrogen and oxygen atoms in total. The van der Waals surface area contributed by atoms with E-state index in [1.807, 2.05) is 0 Å². The molecule has 3 rings (SSSR count). The Balaban J connectivity index is 1.94. The highest BCUT2D eigenvalue weighted by atomic mass is 79.9. The van der Waals surface area contributed by atoms with Crippen molar-refractivity contribution in [3.05, 3.63) is 63.1 Å². The van der Waals surface area contributed by atoms with Gasteiger partial charge in [-0.15, -0.1) is 0 Å². The number of amides is 1. The van der Waals surface area contributed by atoms with E-state index in [0.717, 1.165) is 4.47 Å². The van der Waals surface area contributed by atoms with Gasteiger partial charge in [0.05, 0.1) is 6.42 Å². The molecule has 0 aliphatic carbocycles. The van der Waals surface area contributed by atoms with Gasteiger partial charge in [-0.2, -0.15) is 0 Å². The summed E-state index contributed by atoms with van der Waals surface area (Å²) in [6.07, 6.45) is -0.339. The Hall–Kier alpha value is -1.69. The van der Waals surface area contributed by atoms with Crippen molar-refractivity contribution in [3.8, 4) is 0 Å². The first-order valence-electron chi connectivity index (χ1n) is 6.53. The first kappa shape index (κ1) is 15.2. The van der Waals surface area contributed by atoms with Crippen molar-refractivity contribution in [1.29, 1.82) is 0 Å². The SMILES string of the molecule is O=C(CC1(O)C(=O)Nc2ccc(Cl)cc21)c1ccc(Br)cc1. The number of anilines is 1. The number of rotatable bonds is 3. The first-order valence-corrected chi connectivity index (χ1v) is 7.70. The molecule has 0 radical (unpaired) electrons. The van der Waals surface area contributed by atoms with Crippen LogP contribution in [-0.4, -0.2) is 16.8 Å². The van der Waals surface area contributed by atoms with Crippen molar-refractivity contribution >= 4 is 44.9 Å². The lowest BCUT2D eigenvalue weighted by Gasteiger charge is -2.20. The zero-order valence-corrected chi connectivity index (χ0v) is 13.6. The Morgan fingerprint density at radius 2 is 1.91 bits per heavy atom. The molecular formula is C16H11BrClNO3. The second-order valence-electron chi connectivity index (χ2n) is 5.11. The fourth-order valence-corrected chi connectivity index (χ4v) is 2.90. The van der Waals surface area contributed by atoms with Gasteiger partial charge in [0, 0.05) is 26.3 Å². The molecule has 0 bridgehead atoms. The van der Waals surface area contributed by atoms with Crippen LogP contribution >= 0.6 is 27.5 Å². The van der Waals surface area contributed by atoms with Crippen LogP contribution in [0.1, 0.15) is 22.3 Å². The summed E-state index contributed by atoms with van der Waals surface area (Å²) in [4.78, 5) is 24.5. The molecule has 1 heterocycles. The van der Waals surface area contributed by atoms with E-state index in [9.17, 15) is 14.7 Å². The Bertz CT molecular complexity index is 775. The highest BCUT2D eigenvalue weighted by Crippen LogP contribution is 2.40. The van der Waals surface area contributed by atoms with Crippen LogP contribution in [0.5, 0.6) is 0 Å². The minimum atomic E-state index is -1.90. The average Bonchev–Trinajstić information content (AvgIpc) is 2.71. The quantitative estimate of drug-likeness (QED) is 0.801. The highest BCUT2D eigenvalue weighted by Gasteiger charge is 2.46. The molecule has 2 N–H and O–H groups in total. The van der Waals surface area contributed by atoms with Gasteiger partial charge in [-0.05, 0) is 30.3 Å². The molecule has 0 saturated carbocycles. The zero-order chi connectivity index (χ0) is 15.9. The number of Topliss-reactive ketones (excluding diaryl/α,β-unsaturated/α-hetero) is 1. The van der Waals surface area contributed by atoms with Crippen LogP contribution in [0.2, 0.25) is 5.02 Å². The number of ketones is 1. The average molecular weight is 381 g/mol. The predicted molar refractivity (Wildman–Crippen MR) is 87.1 cm³/mol. The molecule has 2 aromatic rings. The van der Waals surface area contributed by atoms with Crippen molar-refractivity contribution in [2.75, 3.05) is 5.32 Å². The number of fused-ring (bicyclic) bond motifs is 1. The summed E-state index contributed by atoms with van der Waals surface area (Å²) < 4.78 is 0.846. The minimum Gasteiger partial charge on any atom is -0.375 e. The van der Waals surface area contributed by atoms with E-state index in [0.29, 0.717) is 21.8 Å². The van der Waals surface area contributed by atoms with Crippen LogP contribution in [0.25, 0.3) is 0 Å². The molecule has 0 spiro atoms. The molecule has 1 aliphatic rings. The third-order valence-electron chi connectivity index (χ3n) is 3.63. The van der Waals surface area contributed by atoms with E-state index >= 15 is 0 Å². The van der Waals surface area contributed by atoms with E-state index in [1.54, 1.807) is 36.4 Å². The van der Waals surface area contributed by atoms with Gasteiger partial charge in [-0.1, -0.05) is 39.7 Å². The van der Waals surface area contributed by atoms with Crippen molar-refractivity contribution in [2.24, 2.45) is 0 Å². The van der Waals surface area contributed by atoms with Crippen molar-refractivity contribution < 1.29 is 14.7 Å². The summed E-state index contributed by atoms with van der Waals surface area (Å²) in [5, 5.41) is 13.7. The van der Waals surface area contributed by atoms with E-state index < -0.39 is 11.5 Å². The van der Waals surface area contributed by atoms with Crippen molar-refractivity contribution in [3.63, 3.8) is 0 Å². The molecule has 1 aliphatic heterocycles. The van der Waals surface area contributed by atoms with Gasteiger partial charge in [-0.3, -0.25) is 9.59 Å². The number of nitrogens with one attached hydrogen (secondary N) is 1. The summed E-state index contributed by atoms with van der Waals surface area (Å²) in [6.45, 7) is 0. The molecule has 1 amide bonds. The van der Waals surface area contributed by atoms with Gasteiger partial charge in [-0.25, -0.2) is 0 Å². The van der Waals surface area contributed by atoms with Gasteiger partial charge in [0.2, 0.25) is 0 Å². The lowest BCUT2D eigenvalue weighted by molar-refractivity contribution is -0.133. The normalized spacial score (nSPS) is 19.7. The number of hydrogen-bond donors (Lipinski definition) is 2. The van der Waals surface area contributed by atoms with Crippen LogP contribution in [0.15, 0.2) is 46.9 Å². The van der Waals surface area contributed by atoms with Crippen molar-refractivity contribution in [1.82, 2.24) is 0 Å². The van der Waals surface area contributed by atoms with E-state index in [-0.39, 0.29) is 12.2 Å². The Kier molecular flexibility index (Phi) is 3.80. The molecule has 112 valence electrons. The Labute approximate surface area is 140 Å². The van der Waals surface area contributed by atoms with E-state index in [4.69, 9.17) is 11.6 Å². The van der Waals surface area contributed by atoms with Crippen LogP contribution in [0.3, 0.4) is 0 Å². The third-order valence-corrected chi connectivity index (χ3v) is 4.40. The topological polar surface area (TPSA) is 66.4 Å². The van der Waals surface area contributed by atoms with Crippen molar-refractivity contribution in [2.45, 2.75) is 12.0 Å². The van der Waals surface area contributed by atoms with Crippen LogP contribution < -0.4 is 5.32 Å². The molecular weight excluding hydrogens is 370 g/mol. The minimum absolute atomic E-state index is 0.321. The molecule has 1 atom stereocenters. The Morgan fingerprint density at radius 1 is 1.23 bits per heavy atom. The molecule has 1 unspecified atom stereocenters. The molecule has 2 aromatic carbocycles. The highest BCUT2D eigenvalue weighted by molar-refractivity contribution is 9.10. The summed E-state index contributed by atoms with van der Waals surface area (Å²) in [6, 6.07) is 11.5. The molecule has 22 heavy (non-hydrogen) atoms. The van der Waals surface area contributed by atoms with Crippen LogP contribution in [0.4, 0.5) is 5.69 Å². The summed E-state index contributed by atoms with van der Waals surface area (Å²) in [5.74, 6) is -0.937. The smallest absolute Gasteiger partial charge is 0.261 e. The molecule has 6 heteroatoms. The number of halogens is 2. The predicted octanol–water partition coefficient (Wildman–Crippen LogP) is 3.52. The zero-order valence-electron chi connectivity index (χ0n) is 11.3. The number of carbonyl (C=O) groups is 2. The first-order chi connectivity index (χ1) is 10.4. The fourth-order valence-electron chi connectivity index (χ4n) is 2.46. The molecule has 0 fully saturated rings. The maximum absolute atomic E-state index is 12.4. The maximum Gasteiger partial charge on any atom is 0.261 e. The summed E-state index contributed by atoms with van der Waals surface area (Å²) in [5.41, 5.74) is -0.666.